The van der Waals surface area contributed by atoms with Gasteiger partial charge in [-0.3, -0.25) is 4.79 Å². The molecule has 0 aliphatic carbocycles. The van der Waals surface area contributed by atoms with Crippen LogP contribution in [-0.2, 0) is 4.74 Å². The summed E-state index contributed by atoms with van der Waals surface area (Å²) >= 11 is 0. The van der Waals surface area contributed by atoms with Gasteiger partial charge in [0.05, 0.1) is 12.7 Å². The van der Waals surface area contributed by atoms with Gasteiger partial charge in [-0.05, 0) is 79.8 Å². The van der Waals surface area contributed by atoms with Crippen LogP contribution in [0.15, 0.2) is 60.8 Å². The number of amides is 1. The Morgan fingerprint density at radius 3 is 2.66 bits per heavy atom. The lowest BCUT2D eigenvalue weighted by atomic mass is 9.96. The summed E-state index contributed by atoms with van der Waals surface area (Å²) in [6, 6.07) is 17.4. The largest absolute Gasteiger partial charge is 0.497 e. The number of anilines is 2. The van der Waals surface area contributed by atoms with Crippen LogP contribution in [0.3, 0.4) is 0 Å². The van der Waals surface area contributed by atoms with Gasteiger partial charge in [0, 0.05) is 37.5 Å². The van der Waals surface area contributed by atoms with E-state index in [9.17, 15) is 9.90 Å². The molecule has 1 fully saturated rings. The Balaban J connectivity index is 1.40. The molecule has 1 aromatic heterocycles. The highest BCUT2D eigenvalue weighted by Gasteiger charge is 2.26. The average Bonchev–Trinajstić information content (AvgIpc) is 2.90. The van der Waals surface area contributed by atoms with Crippen molar-refractivity contribution in [3.63, 3.8) is 0 Å². The van der Waals surface area contributed by atoms with Gasteiger partial charge < -0.3 is 24.8 Å². The number of aryl methyl sites for hydroxylation is 1. The third-order valence-corrected chi connectivity index (χ3v) is 6.49. The Hall–Kier alpha value is -3.42. The van der Waals surface area contributed by atoms with E-state index in [1.807, 2.05) is 62.4 Å². The van der Waals surface area contributed by atoms with Gasteiger partial charge in [-0.1, -0.05) is 18.2 Å². The van der Waals surface area contributed by atoms with Crippen LogP contribution in [0.25, 0.3) is 11.1 Å². The lowest BCUT2D eigenvalue weighted by Crippen LogP contribution is -2.39. The van der Waals surface area contributed by atoms with E-state index in [1.54, 1.807) is 19.4 Å². The molecule has 1 amide bonds. The Morgan fingerprint density at radius 1 is 1.17 bits per heavy atom. The van der Waals surface area contributed by atoms with Gasteiger partial charge in [0.15, 0.2) is 6.29 Å². The molecular formula is C28H33N3O4. The molecule has 3 aromatic rings. The van der Waals surface area contributed by atoms with Crippen molar-refractivity contribution in [2.45, 2.75) is 33.0 Å². The van der Waals surface area contributed by atoms with E-state index in [0.717, 1.165) is 59.9 Å². The Morgan fingerprint density at radius 2 is 1.97 bits per heavy atom. The molecule has 7 nitrogen and oxygen atoms in total. The number of nitrogens with one attached hydrogen (secondary N) is 1. The number of pyridine rings is 1. The van der Waals surface area contributed by atoms with E-state index in [-0.39, 0.29) is 11.8 Å². The van der Waals surface area contributed by atoms with Crippen LogP contribution >= 0.6 is 0 Å². The number of ether oxygens (including phenoxy) is 2. The van der Waals surface area contributed by atoms with Crippen molar-refractivity contribution in [1.82, 2.24) is 4.98 Å². The van der Waals surface area contributed by atoms with Crippen molar-refractivity contribution in [1.29, 1.82) is 0 Å². The predicted octanol–water partition coefficient (Wildman–Crippen LogP) is 4.89. The number of aromatic nitrogens is 1. The van der Waals surface area contributed by atoms with E-state index in [4.69, 9.17) is 9.47 Å². The fourth-order valence-electron chi connectivity index (χ4n) is 4.43. The summed E-state index contributed by atoms with van der Waals surface area (Å²) in [7, 11) is 1.65. The Kier molecular flexibility index (Phi) is 8.00. The number of nitrogens with zero attached hydrogens (tertiary/aromatic N) is 2. The topological polar surface area (TPSA) is 83.9 Å². The number of aliphatic hydroxyl groups excluding tert-OH is 1. The van der Waals surface area contributed by atoms with Gasteiger partial charge in [0.25, 0.3) is 5.91 Å². The number of hydrogen-bond donors (Lipinski definition) is 2. The molecule has 4 rings (SSSR count). The first-order chi connectivity index (χ1) is 17.0. The van der Waals surface area contributed by atoms with E-state index in [1.165, 1.54) is 0 Å². The minimum atomic E-state index is -0.701. The zero-order valence-corrected chi connectivity index (χ0v) is 20.5. The Labute approximate surface area is 206 Å². The molecule has 1 unspecified atom stereocenters. The van der Waals surface area contributed by atoms with Crippen LogP contribution in [-0.4, -0.2) is 49.1 Å². The summed E-state index contributed by atoms with van der Waals surface area (Å²) in [5.41, 5.74) is 4.39. The third-order valence-electron chi connectivity index (χ3n) is 6.49. The van der Waals surface area contributed by atoms with Crippen molar-refractivity contribution in [2.75, 3.05) is 37.0 Å². The summed E-state index contributed by atoms with van der Waals surface area (Å²) in [4.78, 5) is 19.6. The monoisotopic (exact) mass is 475 g/mol. The second-order valence-electron chi connectivity index (χ2n) is 8.79. The van der Waals surface area contributed by atoms with Crippen LogP contribution in [0.1, 0.15) is 35.7 Å². The van der Waals surface area contributed by atoms with Gasteiger partial charge in [-0.2, -0.15) is 0 Å². The number of rotatable bonds is 8. The Bertz CT molecular complexity index is 1140. The molecule has 0 saturated carbocycles. The van der Waals surface area contributed by atoms with E-state index >= 15 is 0 Å². The molecule has 0 bridgehead atoms. The minimum absolute atomic E-state index is 0.146. The summed E-state index contributed by atoms with van der Waals surface area (Å²) in [5, 5.41) is 13.1. The van der Waals surface area contributed by atoms with Gasteiger partial charge >= 0.3 is 0 Å². The number of carbonyl (C=O) groups is 1. The number of methoxy groups -OCH3 is 1. The molecule has 0 radical (unpaired) electrons. The van der Waals surface area contributed by atoms with Crippen molar-refractivity contribution in [2.24, 2.45) is 5.92 Å². The zero-order chi connectivity index (χ0) is 24.8. The van der Waals surface area contributed by atoms with Crippen molar-refractivity contribution in [3.05, 3.63) is 71.9 Å². The highest BCUT2D eigenvalue weighted by atomic mass is 16.6. The van der Waals surface area contributed by atoms with Crippen molar-refractivity contribution < 1.29 is 19.4 Å². The fraction of sp³-hybridized carbons (Fsp3) is 0.357. The summed E-state index contributed by atoms with van der Waals surface area (Å²) in [5.74, 6) is 1.56. The first-order valence-electron chi connectivity index (χ1n) is 12.1. The van der Waals surface area contributed by atoms with Crippen molar-refractivity contribution >= 4 is 17.4 Å². The van der Waals surface area contributed by atoms with E-state index < -0.39 is 6.29 Å². The van der Waals surface area contributed by atoms with Gasteiger partial charge in [0.2, 0.25) is 0 Å². The van der Waals surface area contributed by atoms with Crippen LogP contribution < -0.4 is 15.0 Å². The van der Waals surface area contributed by atoms with Gasteiger partial charge in [-0.15, -0.1) is 0 Å². The maximum absolute atomic E-state index is 12.9. The van der Waals surface area contributed by atoms with Crippen LogP contribution in [0.4, 0.5) is 11.5 Å². The highest BCUT2D eigenvalue weighted by Crippen LogP contribution is 2.30. The number of piperidine rings is 1. The third kappa shape index (κ3) is 5.99. The molecule has 0 spiro atoms. The SMILES string of the molecule is CCOC(O)C1CCN(c2ccc(C(=O)Nc3ccc(C)c(-c4cccc(OC)c4)c3)cn2)CC1. The second-order valence-corrected chi connectivity index (χ2v) is 8.79. The summed E-state index contributed by atoms with van der Waals surface area (Å²) in [6.45, 7) is 6.03. The molecule has 1 aliphatic rings. The molecule has 1 aliphatic heterocycles. The zero-order valence-electron chi connectivity index (χ0n) is 20.5. The van der Waals surface area contributed by atoms with E-state index in [0.29, 0.717) is 12.2 Å². The maximum atomic E-state index is 12.9. The maximum Gasteiger partial charge on any atom is 0.257 e. The number of hydrogen-bond acceptors (Lipinski definition) is 6. The summed E-state index contributed by atoms with van der Waals surface area (Å²) in [6.07, 6.45) is 2.60. The first kappa shape index (κ1) is 24.7. The van der Waals surface area contributed by atoms with Crippen molar-refractivity contribution in [3.8, 4) is 16.9 Å². The normalized spacial score (nSPS) is 15.0. The molecule has 184 valence electrons. The quantitative estimate of drug-likeness (QED) is 0.452. The highest BCUT2D eigenvalue weighted by molar-refractivity contribution is 6.04. The standard InChI is InChI=1S/C28H33N3O4/c1-4-35-28(33)20-12-14-31(15-13-20)26-11-9-22(18-29-26)27(32)30-23-10-8-19(2)25(17-23)21-6-5-7-24(16-21)34-3/h5-11,16-18,20,28,33H,4,12-15H2,1-3H3,(H,30,32). The molecule has 2 N–H and O–H groups in total. The molecule has 7 heteroatoms. The average molecular weight is 476 g/mol. The molecule has 2 aromatic carbocycles. The van der Waals surface area contributed by atoms with Gasteiger partial charge in [-0.25, -0.2) is 4.98 Å². The first-order valence-corrected chi connectivity index (χ1v) is 12.1. The van der Waals surface area contributed by atoms with Crippen LogP contribution in [0, 0.1) is 12.8 Å². The summed E-state index contributed by atoms with van der Waals surface area (Å²) < 4.78 is 10.7. The minimum Gasteiger partial charge on any atom is -0.497 e. The van der Waals surface area contributed by atoms with Crippen LogP contribution in [0.5, 0.6) is 5.75 Å². The molecule has 1 atom stereocenters. The molecule has 2 heterocycles. The lowest BCUT2D eigenvalue weighted by molar-refractivity contribution is -0.134. The predicted molar refractivity (Wildman–Crippen MR) is 138 cm³/mol. The second kappa shape index (κ2) is 11.3. The molecular weight excluding hydrogens is 442 g/mol. The molecule has 35 heavy (non-hydrogen) atoms. The number of carbonyl (C=O) groups excluding carboxylic acids is 1. The lowest BCUT2D eigenvalue weighted by Gasteiger charge is -2.34. The number of benzene rings is 2. The van der Waals surface area contributed by atoms with E-state index in [2.05, 4.69) is 15.2 Å². The molecule has 1 saturated heterocycles. The smallest absolute Gasteiger partial charge is 0.257 e. The van der Waals surface area contributed by atoms with Crippen LogP contribution in [0.2, 0.25) is 0 Å². The van der Waals surface area contributed by atoms with Gasteiger partial charge in [0.1, 0.15) is 11.6 Å². The number of aliphatic hydroxyl groups is 1. The fourth-order valence-corrected chi connectivity index (χ4v) is 4.43.